The van der Waals surface area contributed by atoms with Crippen molar-refractivity contribution in [1.82, 2.24) is 9.80 Å². The lowest BCUT2D eigenvalue weighted by Gasteiger charge is -2.35. The average molecular weight is 342 g/mol. The highest BCUT2D eigenvalue weighted by atomic mass is 19.1. The van der Waals surface area contributed by atoms with Gasteiger partial charge < -0.3 is 10.0 Å². The number of rotatable bonds is 5. The fourth-order valence-corrected chi connectivity index (χ4v) is 3.12. The SMILES string of the molecule is O=C(Cc1ccccc1F)N1CCN(C[C@@H](O)c2ccccc2)CC1. The van der Waals surface area contributed by atoms with E-state index in [4.69, 9.17) is 0 Å². The molecule has 0 unspecified atom stereocenters. The molecule has 0 radical (unpaired) electrons. The van der Waals surface area contributed by atoms with Gasteiger partial charge in [-0.1, -0.05) is 48.5 Å². The predicted octanol–water partition coefficient (Wildman–Crippen LogP) is 2.25. The van der Waals surface area contributed by atoms with Crippen molar-refractivity contribution >= 4 is 5.91 Å². The molecule has 2 aromatic rings. The van der Waals surface area contributed by atoms with Crippen LogP contribution < -0.4 is 0 Å². The molecule has 0 aliphatic carbocycles. The zero-order valence-electron chi connectivity index (χ0n) is 14.1. The zero-order valence-corrected chi connectivity index (χ0v) is 14.1. The predicted molar refractivity (Wildman–Crippen MR) is 94.5 cm³/mol. The van der Waals surface area contributed by atoms with Gasteiger partial charge in [-0.05, 0) is 17.2 Å². The smallest absolute Gasteiger partial charge is 0.227 e. The Labute approximate surface area is 147 Å². The number of carbonyl (C=O) groups is 1. The number of hydrogen-bond acceptors (Lipinski definition) is 3. The van der Waals surface area contributed by atoms with Crippen molar-refractivity contribution in [1.29, 1.82) is 0 Å². The van der Waals surface area contributed by atoms with Gasteiger partial charge in [-0.25, -0.2) is 4.39 Å². The number of nitrogens with zero attached hydrogens (tertiary/aromatic N) is 2. The topological polar surface area (TPSA) is 43.8 Å². The van der Waals surface area contributed by atoms with Crippen molar-refractivity contribution in [3.05, 3.63) is 71.5 Å². The van der Waals surface area contributed by atoms with Gasteiger partial charge in [0, 0.05) is 32.7 Å². The Kier molecular flexibility index (Phi) is 5.79. The molecular formula is C20H23FN2O2. The quantitative estimate of drug-likeness (QED) is 0.906. The minimum absolute atomic E-state index is 0.0478. The normalized spacial score (nSPS) is 16.6. The average Bonchev–Trinajstić information content (AvgIpc) is 2.65. The Hall–Kier alpha value is -2.24. The Bertz CT molecular complexity index is 700. The Balaban J connectivity index is 1.48. The van der Waals surface area contributed by atoms with Gasteiger partial charge in [0.25, 0.3) is 0 Å². The van der Waals surface area contributed by atoms with Crippen LogP contribution in [0.25, 0.3) is 0 Å². The van der Waals surface area contributed by atoms with Gasteiger partial charge >= 0.3 is 0 Å². The van der Waals surface area contributed by atoms with E-state index < -0.39 is 6.10 Å². The molecular weight excluding hydrogens is 319 g/mol. The van der Waals surface area contributed by atoms with Crippen LogP contribution in [0.5, 0.6) is 0 Å². The van der Waals surface area contributed by atoms with Crippen molar-refractivity contribution in [2.45, 2.75) is 12.5 Å². The van der Waals surface area contributed by atoms with Crippen molar-refractivity contribution in [3.8, 4) is 0 Å². The molecule has 1 aliphatic rings. The van der Waals surface area contributed by atoms with Crippen LogP contribution in [-0.2, 0) is 11.2 Å². The van der Waals surface area contributed by atoms with Gasteiger partial charge in [-0.2, -0.15) is 0 Å². The van der Waals surface area contributed by atoms with E-state index in [0.29, 0.717) is 38.3 Å². The Morgan fingerprint density at radius 3 is 2.32 bits per heavy atom. The Morgan fingerprint density at radius 1 is 1.00 bits per heavy atom. The summed E-state index contributed by atoms with van der Waals surface area (Å²) >= 11 is 0. The van der Waals surface area contributed by atoms with Crippen LogP contribution in [0.1, 0.15) is 17.2 Å². The fourth-order valence-electron chi connectivity index (χ4n) is 3.12. The first-order chi connectivity index (χ1) is 12.1. The summed E-state index contributed by atoms with van der Waals surface area (Å²) in [6.45, 7) is 3.20. The number of halogens is 1. The third-order valence-corrected chi connectivity index (χ3v) is 4.64. The highest BCUT2D eigenvalue weighted by Crippen LogP contribution is 2.16. The number of aliphatic hydroxyl groups excluding tert-OH is 1. The van der Waals surface area contributed by atoms with Crippen LogP contribution in [0.4, 0.5) is 4.39 Å². The lowest BCUT2D eigenvalue weighted by molar-refractivity contribution is -0.132. The lowest BCUT2D eigenvalue weighted by atomic mass is 10.1. The van der Waals surface area contributed by atoms with Crippen LogP contribution >= 0.6 is 0 Å². The van der Waals surface area contributed by atoms with Crippen LogP contribution in [0.15, 0.2) is 54.6 Å². The summed E-state index contributed by atoms with van der Waals surface area (Å²) in [5.74, 6) is -0.381. The molecule has 0 aromatic heterocycles. The molecule has 1 aliphatic heterocycles. The second-order valence-electron chi connectivity index (χ2n) is 6.38. The number of carbonyl (C=O) groups excluding carboxylic acids is 1. The molecule has 0 saturated carbocycles. The van der Waals surface area contributed by atoms with Crippen molar-refractivity contribution in [3.63, 3.8) is 0 Å². The molecule has 132 valence electrons. The molecule has 1 amide bonds. The van der Waals surface area contributed by atoms with Gasteiger partial charge in [0.1, 0.15) is 5.82 Å². The minimum Gasteiger partial charge on any atom is -0.387 e. The van der Waals surface area contributed by atoms with Crippen LogP contribution in [0.3, 0.4) is 0 Å². The second kappa shape index (κ2) is 8.23. The molecule has 1 fully saturated rings. The molecule has 25 heavy (non-hydrogen) atoms. The van der Waals surface area contributed by atoms with E-state index in [0.717, 1.165) is 5.56 Å². The van der Waals surface area contributed by atoms with E-state index >= 15 is 0 Å². The van der Waals surface area contributed by atoms with Crippen LogP contribution in [0, 0.1) is 5.82 Å². The summed E-state index contributed by atoms with van der Waals surface area (Å²) < 4.78 is 13.7. The number of β-amino-alcohol motifs (C(OH)–C–C–N with tert-alkyl or cyclic N) is 1. The third-order valence-electron chi connectivity index (χ3n) is 4.64. The molecule has 1 N–H and O–H groups in total. The summed E-state index contributed by atoms with van der Waals surface area (Å²) in [6, 6.07) is 16.0. The summed E-state index contributed by atoms with van der Waals surface area (Å²) in [6.07, 6.45) is -0.430. The van der Waals surface area contributed by atoms with Gasteiger partial charge in [-0.3, -0.25) is 9.69 Å². The molecule has 2 aromatic carbocycles. The maximum absolute atomic E-state index is 13.7. The maximum atomic E-state index is 13.7. The first-order valence-electron chi connectivity index (χ1n) is 8.60. The molecule has 1 heterocycles. The molecule has 3 rings (SSSR count). The minimum atomic E-state index is -0.526. The highest BCUT2D eigenvalue weighted by molar-refractivity contribution is 5.79. The first kappa shape index (κ1) is 17.6. The number of hydrogen-bond donors (Lipinski definition) is 1. The van der Waals surface area contributed by atoms with E-state index in [2.05, 4.69) is 4.90 Å². The maximum Gasteiger partial charge on any atom is 0.227 e. The monoisotopic (exact) mass is 342 g/mol. The van der Waals surface area contributed by atoms with Crippen LogP contribution in [-0.4, -0.2) is 53.5 Å². The largest absolute Gasteiger partial charge is 0.387 e. The number of piperazine rings is 1. The first-order valence-corrected chi connectivity index (χ1v) is 8.60. The van der Waals surface area contributed by atoms with E-state index in [9.17, 15) is 14.3 Å². The van der Waals surface area contributed by atoms with Crippen molar-refractivity contribution in [2.24, 2.45) is 0 Å². The van der Waals surface area contributed by atoms with E-state index in [1.807, 2.05) is 30.3 Å². The fraction of sp³-hybridized carbons (Fsp3) is 0.350. The number of aliphatic hydroxyl groups is 1. The van der Waals surface area contributed by atoms with Crippen LogP contribution in [0.2, 0.25) is 0 Å². The standard InChI is InChI=1S/C20H23FN2O2/c21-18-9-5-4-8-17(18)14-20(25)23-12-10-22(11-13-23)15-19(24)16-6-2-1-3-7-16/h1-9,19,24H,10-15H2/t19-/m1/s1. The van der Waals surface area contributed by atoms with E-state index in [1.165, 1.54) is 6.07 Å². The van der Waals surface area contributed by atoms with Crippen molar-refractivity contribution in [2.75, 3.05) is 32.7 Å². The summed E-state index contributed by atoms with van der Waals surface area (Å²) in [7, 11) is 0. The molecule has 0 spiro atoms. The number of benzene rings is 2. The number of amides is 1. The highest BCUT2D eigenvalue weighted by Gasteiger charge is 2.23. The van der Waals surface area contributed by atoms with Gasteiger partial charge in [0.15, 0.2) is 0 Å². The Morgan fingerprint density at radius 2 is 1.64 bits per heavy atom. The summed E-state index contributed by atoms with van der Waals surface area (Å²) in [4.78, 5) is 16.3. The third kappa shape index (κ3) is 4.65. The van der Waals surface area contributed by atoms with E-state index in [1.54, 1.807) is 23.1 Å². The molecule has 0 bridgehead atoms. The molecule has 1 saturated heterocycles. The van der Waals surface area contributed by atoms with Gasteiger partial charge in [0.05, 0.1) is 12.5 Å². The lowest BCUT2D eigenvalue weighted by Crippen LogP contribution is -2.50. The molecule has 4 nitrogen and oxygen atoms in total. The van der Waals surface area contributed by atoms with Crippen molar-refractivity contribution < 1.29 is 14.3 Å². The summed E-state index contributed by atoms with van der Waals surface area (Å²) in [5, 5.41) is 10.3. The summed E-state index contributed by atoms with van der Waals surface area (Å²) in [5.41, 5.74) is 1.34. The van der Waals surface area contributed by atoms with Gasteiger partial charge in [0.2, 0.25) is 5.91 Å². The molecule has 1 atom stereocenters. The zero-order chi connectivity index (χ0) is 17.6. The second-order valence-corrected chi connectivity index (χ2v) is 6.38. The van der Waals surface area contributed by atoms with Gasteiger partial charge in [-0.15, -0.1) is 0 Å². The van der Waals surface area contributed by atoms with E-state index in [-0.39, 0.29) is 18.1 Å². The molecule has 5 heteroatoms.